The van der Waals surface area contributed by atoms with Gasteiger partial charge in [-0.3, -0.25) is 4.79 Å². The van der Waals surface area contributed by atoms with Gasteiger partial charge in [0.1, 0.15) is 0 Å². The van der Waals surface area contributed by atoms with Crippen LogP contribution in [0.3, 0.4) is 0 Å². The van der Waals surface area contributed by atoms with Gasteiger partial charge in [0.2, 0.25) is 0 Å². The minimum Gasteiger partial charge on any atom is -0.368 e. The van der Waals surface area contributed by atoms with E-state index in [0.717, 1.165) is 36.1 Å². The normalized spacial score (nSPS) is 15.3. The van der Waals surface area contributed by atoms with E-state index in [1.54, 1.807) is 18.3 Å². The van der Waals surface area contributed by atoms with Crippen LogP contribution in [0.5, 0.6) is 0 Å². The number of hydrogen-bond acceptors (Lipinski definition) is 4. The highest BCUT2D eigenvalue weighted by molar-refractivity contribution is 7.18. The summed E-state index contributed by atoms with van der Waals surface area (Å²) in [5, 5.41) is 1.96. The van der Waals surface area contributed by atoms with Gasteiger partial charge in [-0.25, -0.2) is 0 Å². The number of carbonyl (C=O) groups excluding carboxylic acids is 1. The lowest BCUT2D eigenvalue weighted by atomic mass is 10.2. The molecule has 3 rings (SSSR count). The molecule has 0 spiro atoms. The van der Waals surface area contributed by atoms with Crippen molar-refractivity contribution in [2.45, 2.75) is 6.92 Å². The van der Waals surface area contributed by atoms with Crippen molar-refractivity contribution in [3.05, 3.63) is 46.3 Å². The number of halogens is 1. The molecule has 1 aliphatic heterocycles. The predicted octanol–water partition coefficient (Wildman–Crippen LogP) is 3.93. The van der Waals surface area contributed by atoms with Gasteiger partial charge in [-0.15, -0.1) is 11.3 Å². The van der Waals surface area contributed by atoms with Crippen LogP contribution in [0.15, 0.2) is 36.4 Å². The molecule has 1 fully saturated rings. The maximum absolute atomic E-state index is 11.4. The Labute approximate surface area is 133 Å². The van der Waals surface area contributed by atoms with Crippen molar-refractivity contribution in [2.24, 2.45) is 0 Å². The van der Waals surface area contributed by atoms with Crippen molar-refractivity contribution in [1.82, 2.24) is 0 Å². The zero-order valence-corrected chi connectivity index (χ0v) is 13.5. The predicted molar refractivity (Wildman–Crippen MR) is 90.2 cm³/mol. The number of carbonyl (C=O) groups is 1. The van der Waals surface area contributed by atoms with Gasteiger partial charge in [0.05, 0.1) is 9.88 Å². The summed E-state index contributed by atoms with van der Waals surface area (Å²) in [5.41, 5.74) is 1.18. The molecule has 5 heteroatoms. The van der Waals surface area contributed by atoms with Crippen molar-refractivity contribution >= 4 is 39.4 Å². The molecule has 1 saturated heterocycles. The Morgan fingerprint density at radius 1 is 1.10 bits per heavy atom. The Balaban J connectivity index is 1.66. The van der Waals surface area contributed by atoms with E-state index in [0.29, 0.717) is 0 Å². The van der Waals surface area contributed by atoms with Crippen LogP contribution >= 0.6 is 22.9 Å². The number of benzene rings is 1. The molecule has 3 nitrogen and oxygen atoms in total. The van der Waals surface area contributed by atoms with Crippen LogP contribution in [0.1, 0.15) is 16.6 Å². The van der Waals surface area contributed by atoms with Crippen LogP contribution in [-0.2, 0) is 0 Å². The molecule has 1 aromatic heterocycles. The molecule has 0 bridgehead atoms. The largest absolute Gasteiger partial charge is 0.368 e. The van der Waals surface area contributed by atoms with Crippen LogP contribution < -0.4 is 9.80 Å². The molecule has 0 radical (unpaired) electrons. The van der Waals surface area contributed by atoms with E-state index >= 15 is 0 Å². The molecule has 21 heavy (non-hydrogen) atoms. The number of ketones is 1. The summed E-state index contributed by atoms with van der Waals surface area (Å²) in [6.45, 7) is 5.47. The number of anilines is 2. The van der Waals surface area contributed by atoms with E-state index in [-0.39, 0.29) is 5.78 Å². The summed E-state index contributed by atoms with van der Waals surface area (Å²) in [6, 6.07) is 12.0. The number of thiophene rings is 1. The fraction of sp³-hybridized carbons (Fsp3) is 0.312. The van der Waals surface area contributed by atoms with E-state index in [4.69, 9.17) is 11.6 Å². The number of rotatable bonds is 3. The fourth-order valence-electron chi connectivity index (χ4n) is 2.54. The van der Waals surface area contributed by atoms with Crippen molar-refractivity contribution in [1.29, 1.82) is 0 Å². The van der Waals surface area contributed by atoms with Crippen molar-refractivity contribution in [3.63, 3.8) is 0 Å². The highest BCUT2D eigenvalue weighted by Crippen LogP contribution is 2.28. The summed E-state index contributed by atoms with van der Waals surface area (Å²) in [6.07, 6.45) is 0. The molecule has 1 aliphatic rings. The minimum atomic E-state index is 0.142. The van der Waals surface area contributed by atoms with E-state index in [1.807, 2.05) is 24.3 Å². The molecule has 0 saturated carbocycles. The standard InChI is InChI=1S/C16H17ClN2OS/c1-12(20)15-5-6-16(21-15)19-9-7-18(8-10-19)14-4-2-3-13(17)11-14/h2-6,11H,7-10H2,1H3. The first-order valence-electron chi connectivity index (χ1n) is 7.00. The third kappa shape index (κ3) is 3.22. The van der Waals surface area contributed by atoms with Gasteiger partial charge in [0.15, 0.2) is 5.78 Å². The first kappa shape index (κ1) is 14.4. The SMILES string of the molecule is CC(=O)c1ccc(N2CCN(c3cccc(Cl)c3)CC2)s1. The second kappa shape index (κ2) is 6.08. The smallest absolute Gasteiger partial charge is 0.169 e. The second-order valence-corrected chi connectivity index (χ2v) is 6.65. The van der Waals surface area contributed by atoms with Gasteiger partial charge in [-0.2, -0.15) is 0 Å². The van der Waals surface area contributed by atoms with Crippen molar-refractivity contribution in [3.8, 4) is 0 Å². The van der Waals surface area contributed by atoms with E-state index in [1.165, 1.54) is 10.7 Å². The van der Waals surface area contributed by atoms with Gasteiger partial charge >= 0.3 is 0 Å². The fourth-order valence-corrected chi connectivity index (χ4v) is 3.68. The summed E-state index contributed by atoms with van der Waals surface area (Å²) in [7, 11) is 0. The maximum Gasteiger partial charge on any atom is 0.169 e. The Bertz CT molecular complexity index is 647. The molecule has 0 N–H and O–H groups in total. The zero-order valence-electron chi connectivity index (χ0n) is 11.9. The van der Waals surface area contributed by atoms with Crippen molar-refractivity contribution in [2.75, 3.05) is 36.0 Å². The lowest BCUT2D eigenvalue weighted by molar-refractivity contribution is 0.102. The molecule has 110 valence electrons. The highest BCUT2D eigenvalue weighted by Gasteiger charge is 2.19. The molecule has 0 unspecified atom stereocenters. The first-order chi connectivity index (χ1) is 10.1. The summed E-state index contributed by atoms with van der Waals surface area (Å²) >= 11 is 7.64. The van der Waals surface area contributed by atoms with Crippen LogP contribution in [0.2, 0.25) is 5.02 Å². The molecule has 1 aromatic carbocycles. The number of Topliss-reactive ketones (excluding diaryl/α,β-unsaturated/α-hetero) is 1. The lowest BCUT2D eigenvalue weighted by Gasteiger charge is -2.36. The van der Waals surface area contributed by atoms with Gasteiger partial charge in [-0.05, 0) is 37.3 Å². The first-order valence-corrected chi connectivity index (χ1v) is 8.19. The van der Waals surface area contributed by atoms with Gasteiger partial charge in [0, 0.05) is 36.9 Å². The third-order valence-corrected chi connectivity index (χ3v) is 5.19. The quantitative estimate of drug-likeness (QED) is 0.801. The Morgan fingerprint density at radius 3 is 2.43 bits per heavy atom. The average molecular weight is 321 g/mol. The average Bonchev–Trinajstić information content (AvgIpc) is 2.97. The minimum absolute atomic E-state index is 0.142. The Morgan fingerprint density at radius 2 is 1.81 bits per heavy atom. The summed E-state index contributed by atoms with van der Waals surface area (Å²) in [5.74, 6) is 0.142. The molecule has 2 aromatic rings. The summed E-state index contributed by atoms with van der Waals surface area (Å²) < 4.78 is 0. The molecular weight excluding hydrogens is 304 g/mol. The molecular formula is C16H17ClN2OS. The Kier molecular flexibility index (Phi) is 4.17. The molecule has 0 atom stereocenters. The molecule has 2 heterocycles. The monoisotopic (exact) mass is 320 g/mol. The Hall–Kier alpha value is -1.52. The molecule has 0 amide bonds. The maximum atomic E-state index is 11.4. The highest BCUT2D eigenvalue weighted by atomic mass is 35.5. The van der Waals surface area contributed by atoms with Crippen LogP contribution in [0.4, 0.5) is 10.7 Å². The number of piperazine rings is 1. The third-order valence-electron chi connectivity index (χ3n) is 3.70. The van der Waals surface area contributed by atoms with Gasteiger partial charge in [0.25, 0.3) is 0 Å². The van der Waals surface area contributed by atoms with E-state index in [9.17, 15) is 4.79 Å². The van der Waals surface area contributed by atoms with Gasteiger partial charge < -0.3 is 9.80 Å². The van der Waals surface area contributed by atoms with Crippen LogP contribution in [-0.4, -0.2) is 32.0 Å². The van der Waals surface area contributed by atoms with Crippen LogP contribution in [0, 0.1) is 0 Å². The van der Waals surface area contributed by atoms with E-state index in [2.05, 4.69) is 21.9 Å². The van der Waals surface area contributed by atoms with Gasteiger partial charge in [-0.1, -0.05) is 17.7 Å². The number of hydrogen-bond donors (Lipinski definition) is 0. The lowest BCUT2D eigenvalue weighted by Crippen LogP contribution is -2.46. The van der Waals surface area contributed by atoms with E-state index < -0.39 is 0 Å². The second-order valence-electron chi connectivity index (χ2n) is 5.15. The number of nitrogens with zero attached hydrogens (tertiary/aromatic N) is 2. The van der Waals surface area contributed by atoms with Crippen molar-refractivity contribution < 1.29 is 4.79 Å². The summed E-state index contributed by atoms with van der Waals surface area (Å²) in [4.78, 5) is 16.9. The topological polar surface area (TPSA) is 23.6 Å². The molecule has 0 aliphatic carbocycles. The zero-order chi connectivity index (χ0) is 14.8. The van der Waals surface area contributed by atoms with Crippen LogP contribution in [0.25, 0.3) is 0 Å².